The van der Waals surface area contributed by atoms with E-state index >= 15 is 0 Å². The van der Waals surface area contributed by atoms with Gasteiger partial charge in [0.25, 0.3) is 0 Å². The van der Waals surface area contributed by atoms with Gasteiger partial charge in [-0.1, -0.05) is 11.6 Å². The summed E-state index contributed by atoms with van der Waals surface area (Å²) in [5.74, 6) is 0. The van der Waals surface area contributed by atoms with Gasteiger partial charge in [-0.2, -0.15) is 13.2 Å². The van der Waals surface area contributed by atoms with Crippen LogP contribution in [-0.4, -0.2) is 4.98 Å². The number of hydrogen-bond acceptors (Lipinski definition) is 2. The summed E-state index contributed by atoms with van der Waals surface area (Å²) in [5.41, 5.74) is 4.08. The van der Waals surface area contributed by atoms with Crippen molar-refractivity contribution in [3.05, 3.63) is 28.5 Å². The van der Waals surface area contributed by atoms with Crippen LogP contribution in [-0.2, 0) is 11.7 Å². The highest BCUT2D eigenvalue weighted by atomic mass is 35.5. The maximum Gasteiger partial charge on any atom is 0.433 e. The molecule has 0 amide bonds. The molecular weight excluding hydrogens is 229 g/mol. The lowest BCUT2D eigenvalue weighted by atomic mass is 9.96. The van der Waals surface area contributed by atoms with Crippen molar-refractivity contribution >= 4 is 11.6 Å². The molecule has 0 saturated carbocycles. The Bertz CT molecular complexity index is 336. The molecule has 1 aromatic rings. The average molecular weight is 239 g/mol. The van der Waals surface area contributed by atoms with Crippen molar-refractivity contribution in [1.29, 1.82) is 0 Å². The Kier molecular flexibility index (Phi) is 2.98. The maximum absolute atomic E-state index is 12.4. The Morgan fingerprint density at radius 2 is 1.80 bits per heavy atom. The van der Waals surface area contributed by atoms with Gasteiger partial charge in [-0.15, -0.1) is 0 Å². The first-order valence-electron chi connectivity index (χ1n) is 4.15. The minimum atomic E-state index is -4.51. The maximum atomic E-state index is 12.4. The Morgan fingerprint density at radius 1 is 1.27 bits per heavy atom. The van der Waals surface area contributed by atoms with Gasteiger partial charge in [0.05, 0.1) is 0 Å². The second-order valence-electron chi connectivity index (χ2n) is 3.78. The lowest BCUT2D eigenvalue weighted by Crippen LogP contribution is -2.29. The molecule has 0 unspecified atom stereocenters. The number of nitrogens with two attached hydrogens (primary N) is 1. The molecule has 0 aliphatic heterocycles. The van der Waals surface area contributed by atoms with Gasteiger partial charge in [0.15, 0.2) is 0 Å². The largest absolute Gasteiger partial charge is 0.433 e. The highest BCUT2D eigenvalue weighted by molar-refractivity contribution is 6.29. The fourth-order valence-corrected chi connectivity index (χ4v) is 1.22. The smallest absolute Gasteiger partial charge is 0.322 e. The van der Waals surface area contributed by atoms with E-state index in [0.29, 0.717) is 5.56 Å². The van der Waals surface area contributed by atoms with E-state index in [-0.39, 0.29) is 5.15 Å². The lowest BCUT2D eigenvalue weighted by Gasteiger charge is -2.20. The van der Waals surface area contributed by atoms with Gasteiger partial charge in [-0.25, -0.2) is 4.98 Å². The molecule has 0 fully saturated rings. The number of halogens is 4. The SMILES string of the molecule is CC(C)(N)c1cc(Cl)nc(C(F)(F)F)c1. The summed E-state index contributed by atoms with van der Waals surface area (Å²) in [4.78, 5) is 3.20. The first-order chi connectivity index (χ1) is 6.60. The predicted octanol–water partition coefficient (Wildman–Crippen LogP) is 2.95. The van der Waals surface area contributed by atoms with Crippen molar-refractivity contribution in [2.45, 2.75) is 25.6 Å². The van der Waals surface area contributed by atoms with E-state index in [0.717, 1.165) is 6.07 Å². The minimum Gasteiger partial charge on any atom is -0.322 e. The molecule has 15 heavy (non-hydrogen) atoms. The third-order valence-corrected chi connectivity index (χ3v) is 2.02. The van der Waals surface area contributed by atoms with Gasteiger partial charge in [0.1, 0.15) is 10.8 Å². The van der Waals surface area contributed by atoms with Crippen LogP contribution >= 0.6 is 11.6 Å². The van der Waals surface area contributed by atoms with Gasteiger partial charge in [0, 0.05) is 5.54 Å². The molecule has 2 nitrogen and oxygen atoms in total. The summed E-state index contributed by atoms with van der Waals surface area (Å²) >= 11 is 5.50. The molecule has 0 atom stereocenters. The van der Waals surface area contributed by atoms with Crippen LogP contribution in [0.3, 0.4) is 0 Å². The molecule has 6 heteroatoms. The Labute approximate surface area is 90.3 Å². The molecule has 1 aromatic heterocycles. The average Bonchev–Trinajstić information content (AvgIpc) is 1.99. The van der Waals surface area contributed by atoms with Crippen LogP contribution < -0.4 is 5.73 Å². The third-order valence-electron chi connectivity index (χ3n) is 1.83. The molecule has 0 aromatic carbocycles. The van der Waals surface area contributed by atoms with Gasteiger partial charge in [-0.3, -0.25) is 0 Å². The molecule has 0 saturated heterocycles. The summed E-state index contributed by atoms with van der Waals surface area (Å²) in [5, 5.41) is -0.210. The standard InChI is InChI=1S/C9H10ClF3N2/c1-8(2,14)5-3-6(9(11,12)13)15-7(10)4-5/h3-4H,14H2,1-2H3. The summed E-state index contributed by atoms with van der Waals surface area (Å²) in [7, 11) is 0. The van der Waals surface area contributed by atoms with Crippen molar-refractivity contribution in [2.24, 2.45) is 5.73 Å². The van der Waals surface area contributed by atoms with E-state index < -0.39 is 17.4 Å². The normalized spacial score (nSPS) is 13.0. The van der Waals surface area contributed by atoms with Crippen LogP contribution in [0.25, 0.3) is 0 Å². The molecule has 84 valence electrons. The zero-order valence-corrected chi connectivity index (χ0v) is 8.95. The molecule has 0 bridgehead atoms. The molecular formula is C9H10ClF3N2. The fraction of sp³-hybridized carbons (Fsp3) is 0.444. The minimum absolute atomic E-state index is 0.210. The summed E-state index contributed by atoms with van der Waals surface area (Å²) in [6, 6.07) is 2.24. The monoisotopic (exact) mass is 238 g/mol. The zero-order valence-electron chi connectivity index (χ0n) is 8.19. The second-order valence-corrected chi connectivity index (χ2v) is 4.17. The zero-order chi connectivity index (χ0) is 11.9. The molecule has 0 radical (unpaired) electrons. The first kappa shape index (κ1) is 12.3. The molecule has 0 aliphatic carbocycles. The van der Waals surface area contributed by atoms with Crippen LogP contribution in [0.5, 0.6) is 0 Å². The van der Waals surface area contributed by atoms with Crippen LogP contribution in [0.4, 0.5) is 13.2 Å². The number of aromatic nitrogens is 1. The number of alkyl halides is 3. The van der Waals surface area contributed by atoms with Crippen molar-refractivity contribution < 1.29 is 13.2 Å². The van der Waals surface area contributed by atoms with Crippen LogP contribution in [0.2, 0.25) is 5.15 Å². The van der Waals surface area contributed by atoms with Crippen LogP contribution in [0, 0.1) is 0 Å². The number of nitrogens with zero attached hydrogens (tertiary/aromatic N) is 1. The summed E-state index contributed by atoms with van der Waals surface area (Å²) in [6.45, 7) is 3.19. The van der Waals surface area contributed by atoms with E-state index in [1.54, 1.807) is 13.8 Å². The fourth-order valence-electron chi connectivity index (χ4n) is 1.01. The number of pyridine rings is 1. The topological polar surface area (TPSA) is 38.9 Å². The quantitative estimate of drug-likeness (QED) is 0.764. The summed E-state index contributed by atoms with van der Waals surface area (Å²) in [6.07, 6.45) is -4.51. The van der Waals surface area contributed by atoms with Crippen molar-refractivity contribution in [1.82, 2.24) is 4.98 Å². The second kappa shape index (κ2) is 3.64. The van der Waals surface area contributed by atoms with Gasteiger partial charge in [-0.05, 0) is 31.5 Å². The third kappa shape index (κ3) is 3.07. The number of hydrogen-bond donors (Lipinski definition) is 1. The summed E-state index contributed by atoms with van der Waals surface area (Å²) < 4.78 is 37.1. The van der Waals surface area contributed by atoms with Crippen molar-refractivity contribution in [2.75, 3.05) is 0 Å². The van der Waals surface area contributed by atoms with E-state index in [4.69, 9.17) is 17.3 Å². The van der Waals surface area contributed by atoms with Crippen LogP contribution in [0.15, 0.2) is 12.1 Å². The Hall–Kier alpha value is -0.810. The van der Waals surface area contributed by atoms with Gasteiger partial charge >= 0.3 is 6.18 Å². The number of rotatable bonds is 1. The van der Waals surface area contributed by atoms with Crippen LogP contribution in [0.1, 0.15) is 25.1 Å². The molecule has 1 heterocycles. The highest BCUT2D eigenvalue weighted by Crippen LogP contribution is 2.31. The highest BCUT2D eigenvalue weighted by Gasteiger charge is 2.34. The van der Waals surface area contributed by atoms with E-state index in [2.05, 4.69) is 4.98 Å². The van der Waals surface area contributed by atoms with Gasteiger partial charge < -0.3 is 5.73 Å². The van der Waals surface area contributed by atoms with Crippen molar-refractivity contribution in [3.63, 3.8) is 0 Å². The van der Waals surface area contributed by atoms with E-state index in [1.807, 2.05) is 0 Å². The van der Waals surface area contributed by atoms with Gasteiger partial charge in [0.2, 0.25) is 0 Å². The Balaban J connectivity index is 3.30. The Morgan fingerprint density at radius 3 is 2.20 bits per heavy atom. The molecule has 0 aliphatic rings. The van der Waals surface area contributed by atoms with E-state index in [9.17, 15) is 13.2 Å². The predicted molar refractivity (Wildman–Crippen MR) is 51.5 cm³/mol. The molecule has 0 spiro atoms. The van der Waals surface area contributed by atoms with Crippen molar-refractivity contribution in [3.8, 4) is 0 Å². The first-order valence-corrected chi connectivity index (χ1v) is 4.52. The molecule has 2 N–H and O–H groups in total. The lowest BCUT2D eigenvalue weighted by molar-refractivity contribution is -0.141. The molecule has 1 rings (SSSR count). The van der Waals surface area contributed by atoms with E-state index in [1.165, 1.54) is 6.07 Å².